The minimum absolute atomic E-state index is 0.180. The first-order valence-corrected chi connectivity index (χ1v) is 9.98. The van der Waals surface area contributed by atoms with Crippen molar-refractivity contribution in [1.82, 2.24) is 20.3 Å². The molecule has 0 fully saturated rings. The van der Waals surface area contributed by atoms with Crippen LogP contribution >= 0.6 is 11.6 Å². The molecule has 0 aliphatic carbocycles. The van der Waals surface area contributed by atoms with E-state index in [1.165, 1.54) is 0 Å². The molecule has 0 radical (unpaired) electrons. The monoisotopic (exact) mass is 395 g/mol. The zero-order chi connectivity index (χ0) is 19.9. The van der Waals surface area contributed by atoms with Crippen molar-refractivity contribution in [3.63, 3.8) is 0 Å². The summed E-state index contributed by atoms with van der Waals surface area (Å²) in [6, 6.07) is 13.6. The smallest absolute Gasteiger partial charge is 0.227 e. The number of rotatable bonds is 8. The lowest BCUT2D eigenvalue weighted by Crippen LogP contribution is -2.24. The van der Waals surface area contributed by atoms with Crippen LogP contribution in [0.25, 0.3) is 11.3 Å². The van der Waals surface area contributed by atoms with Gasteiger partial charge in [-0.2, -0.15) is 0 Å². The summed E-state index contributed by atoms with van der Waals surface area (Å²) >= 11 is 6.05. The fraction of sp³-hybridized carbons (Fsp3) is 0.318. The van der Waals surface area contributed by atoms with Gasteiger partial charge in [0.05, 0.1) is 11.4 Å². The molecule has 3 aromatic rings. The van der Waals surface area contributed by atoms with Crippen molar-refractivity contribution in [2.45, 2.75) is 33.2 Å². The summed E-state index contributed by atoms with van der Waals surface area (Å²) in [5, 5.41) is 7.42. The van der Waals surface area contributed by atoms with E-state index in [9.17, 15) is 0 Å². The van der Waals surface area contributed by atoms with E-state index in [0.29, 0.717) is 16.9 Å². The maximum absolute atomic E-state index is 6.05. The summed E-state index contributed by atoms with van der Waals surface area (Å²) in [6.45, 7) is 7.57. The quantitative estimate of drug-likeness (QED) is 0.517. The third kappa shape index (κ3) is 5.50. The molecule has 146 valence electrons. The summed E-state index contributed by atoms with van der Waals surface area (Å²) < 4.78 is 0. The van der Waals surface area contributed by atoms with Gasteiger partial charge in [0, 0.05) is 34.7 Å². The Morgan fingerprint density at radius 3 is 2.64 bits per heavy atom. The molecule has 1 aromatic carbocycles. The zero-order valence-corrected chi connectivity index (χ0v) is 17.2. The van der Waals surface area contributed by atoms with Crippen LogP contribution in [-0.4, -0.2) is 21.5 Å². The van der Waals surface area contributed by atoms with Gasteiger partial charge in [0.25, 0.3) is 0 Å². The summed E-state index contributed by atoms with van der Waals surface area (Å²) in [6.07, 6.45) is 4.74. The van der Waals surface area contributed by atoms with Gasteiger partial charge in [-0.25, -0.2) is 9.97 Å². The molecular formula is C22H26ClN5. The normalized spacial score (nSPS) is 13.1. The average molecular weight is 396 g/mol. The minimum atomic E-state index is 0.180. The van der Waals surface area contributed by atoms with E-state index in [-0.39, 0.29) is 6.04 Å². The second-order valence-corrected chi connectivity index (χ2v) is 7.45. The number of nitrogens with one attached hydrogen (secondary N) is 2. The van der Waals surface area contributed by atoms with Crippen LogP contribution in [0, 0.1) is 5.92 Å². The number of nitrogens with zero attached hydrogens (tertiary/aromatic N) is 3. The van der Waals surface area contributed by atoms with Gasteiger partial charge in [-0.1, -0.05) is 37.9 Å². The molecule has 6 heteroatoms. The predicted octanol–water partition coefficient (Wildman–Crippen LogP) is 5.63. The minimum Gasteiger partial charge on any atom is -0.324 e. The molecule has 2 N–H and O–H groups in total. The van der Waals surface area contributed by atoms with Crippen molar-refractivity contribution in [2.24, 2.45) is 5.92 Å². The van der Waals surface area contributed by atoms with Crippen LogP contribution in [0.15, 0.2) is 54.9 Å². The lowest BCUT2D eigenvalue weighted by atomic mass is 10.1. The molecule has 0 bridgehead atoms. The molecule has 0 saturated carbocycles. The zero-order valence-electron chi connectivity index (χ0n) is 16.5. The third-order valence-corrected chi connectivity index (χ3v) is 4.96. The molecule has 0 amide bonds. The lowest BCUT2D eigenvalue weighted by molar-refractivity contribution is 0.456. The number of hydrogen-bond donors (Lipinski definition) is 2. The Kier molecular flexibility index (Phi) is 6.95. The number of benzene rings is 1. The average Bonchev–Trinajstić information content (AvgIpc) is 2.72. The molecule has 0 aliphatic rings. The number of pyridine rings is 1. The van der Waals surface area contributed by atoms with E-state index in [2.05, 4.69) is 52.4 Å². The number of hydrogen-bond acceptors (Lipinski definition) is 5. The maximum atomic E-state index is 6.05. The van der Waals surface area contributed by atoms with Crippen molar-refractivity contribution >= 4 is 23.2 Å². The largest absolute Gasteiger partial charge is 0.324 e. The fourth-order valence-corrected chi connectivity index (χ4v) is 2.94. The van der Waals surface area contributed by atoms with Gasteiger partial charge in [0.15, 0.2) is 0 Å². The maximum Gasteiger partial charge on any atom is 0.227 e. The van der Waals surface area contributed by atoms with E-state index in [0.717, 1.165) is 35.6 Å². The van der Waals surface area contributed by atoms with Crippen LogP contribution in [0.2, 0.25) is 5.02 Å². The Morgan fingerprint density at radius 1 is 1.04 bits per heavy atom. The molecule has 2 heterocycles. The fourth-order valence-electron chi connectivity index (χ4n) is 2.75. The van der Waals surface area contributed by atoms with E-state index < -0.39 is 0 Å². The van der Waals surface area contributed by atoms with Gasteiger partial charge >= 0.3 is 0 Å². The SMILES string of the molecule is CCC(C)CNC(C)c1cc(-c2ccnc(Nc3cccc(Cl)c3)n2)ccn1. The number of aromatic nitrogens is 3. The van der Waals surface area contributed by atoms with Crippen LogP contribution in [0.5, 0.6) is 0 Å². The highest BCUT2D eigenvalue weighted by Crippen LogP contribution is 2.23. The Balaban J connectivity index is 1.76. The lowest BCUT2D eigenvalue weighted by Gasteiger charge is -2.17. The van der Waals surface area contributed by atoms with Gasteiger partial charge in [0.1, 0.15) is 0 Å². The highest BCUT2D eigenvalue weighted by atomic mass is 35.5. The molecule has 2 aromatic heterocycles. The Morgan fingerprint density at radius 2 is 1.86 bits per heavy atom. The van der Waals surface area contributed by atoms with Gasteiger partial charge < -0.3 is 10.6 Å². The summed E-state index contributed by atoms with van der Waals surface area (Å²) in [4.78, 5) is 13.5. The van der Waals surface area contributed by atoms with E-state index in [1.54, 1.807) is 6.20 Å². The van der Waals surface area contributed by atoms with Gasteiger partial charge in [0.2, 0.25) is 5.95 Å². The van der Waals surface area contributed by atoms with Crippen LogP contribution in [0.4, 0.5) is 11.6 Å². The first kappa shape index (κ1) is 20.2. The van der Waals surface area contributed by atoms with Gasteiger partial charge in [-0.05, 0) is 55.8 Å². The van der Waals surface area contributed by atoms with Crippen LogP contribution in [-0.2, 0) is 0 Å². The third-order valence-electron chi connectivity index (χ3n) is 4.73. The van der Waals surface area contributed by atoms with E-state index in [1.807, 2.05) is 42.6 Å². The highest BCUT2D eigenvalue weighted by molar-refractivity contribution is 6.30. The molecular weight excluding hydrogens is 370 g/mol. The first-order valence-electron chi connectivity index (χ1n) is 9.60. The Hall–Kier alpha value is -2.50. The van der Waals surface area contributed by atoms with Crippen molar-refractivity contribution in [2.75, 3.05) is 11.9 Å². The first-order chi connectivity index (χ1) is 13.5. The predicted molar refractivity (Wildman–Crippen MR) is 116 cm³/mol. The summed E-state index contributed by atoms with van der Waals surface area (Å²) in [5.74, 6) is 1.17. The number of halogens is 1. The van der Waals surface area contributed by atoms with Crippen molar-refractivity contribution < 1.29 is 0 Å². The molecule has 28 heavy (non-hydrogen) atoms. The highest BCUT2D eigenvalue weighted by Gasteiger charge is 2.10. The van der Waals surface area contributed by atoms with Crippen molar-refractivity contribution in [1.29, 1.82) is 0 Å². The van der Waals surface area contributed by atoms with Crippen molar-refractivity contribution in [3.8, 4) is 11.3 Å². The summed E-state index contributed by atoms with van der Waals surface area (Å²) in [7, 11) is 0. The van der Waals surface area contributed by atoms with Crippen LogP contribution < -0.4 is 10.6 Å². The molecule has 5 nitrogen and oxygen atoms in total. The molecule has 0 aliphatic heterocycles. The summed E-state index contributed by atoms with van der Waals surface area (Å²) in [5.41, 5.74) is 3.71. The second kappa shape index (κ2) is 9.62. The Bertz CT molecular complexity index is 915. The molecule has 2 unspecified atom stereocenters. The topological polar surface area (TPSA) is 62.7 Å². The van der Waals surface area contributed by atoms with Crippen molar-refractivity contribution in [3.05, 3.63) is 65.6 Å². The van der Waals surface area contributed by atoms with E-state index in [4.69, 9.17) is 11.6 Å². The molecule has 0 spiro atoms. The van der Waals surface area contributed by atoms with Gasteiger partial charge in [-0.3, -0.25) is 4.98 Å². The van der Waals surface area contributed by atoms with E-state index >= 15 is 0 Å². The molecule has 3 rings (SSSR count). The molecule has 0 saturated heterocycles. The standard InChI is InChI=1S/C22H26ClN5/c1-4-15(2)14-26-16(3)21-12-17(8-10-24-21)20-9-11-25-22(28-20)27-19-7-5-6-18(23)13-19/h5-13,15-16,26H,4,14H2,1-3H3,(H,25,27,28). The van der Waals surface area contributed by atoms with Crippen LogP contribution in [0.3, 0.4) is 0 Å². The Labute approximate surface area is 171 Å². The molecule has 2 atom stereocenters. The number of anilines is 2. The second-order valence-electron chi connectivity index (χ2n) is 7.01. The van der Waals surface area contributed by atoms with Crippen LogP contribution in [0.1, 0.15) is 38.9 Å². The van der Waals surface area contributed by atoms with Gasteiger partial charge in [-0.15, -0.1) is 0 Å².